The van der Waals surface area contributed by atoms with Crippen molar-refractivity contribution >= 4 is 5.91 Å². The topological polar surface area (TPSA) is 58.3 Å². The molecule has 1 aromatic carbocycles. The molecule has 0 N–H and O–H groups in total. The molecule has 0 atom stereocenters. The standard InChI is InChI=1S/C19H23N3O2/c1-5-15-12-22(13-18(23)21(3)4)17(6-2)19(15)24-16-9-7-14(11-20)8-10-16/h7-10,12H,5-6,13H2,1-4H3. The van der Waals surface area contributed by atoms with Crippen LogP contribution in [0.4, 0.5) is 0 Å². The van der Waals surface area contributed by atoms with Crippen molar-refractivity contribution in [2.24, 2.45) is 0 Å². The van der Waals surface area contributed by atoms with Crippen LogP contribution in [-0.4, -0.2) is 29.5 Å². The van der Waals surface area contributed by atoms with Crippen LogP contribution in [0.3, 0.4) is 0 Å². The number of hydrogen-bond donors (Lipinski definition) is 0. The van der Waals surface area contributed by atoms with Gasteiger partial charge in [0.05, 0.1) is 17.3 Å². The molecule has 5 heteroatoms. The first-order valence-corrected chi connectivity index (χ1v) is 8.09. The van der Waals surface area contributed by atoms with Crippen LogP contribution in [-0.2, 0) is 24.2 Å². The van der Waals surface area contributed by atoms with E-state index in [1.165, 1.54) is 0 Å². The molecule has 1 aromatic heterocycles. The second kappa shape index (κ2) is 7.69. The van der Waals surface area contributed by atoms with Crippen molar-refractivity contribution in [1.29, 1.82) is 5.26 Å². The molecule has 0 saturated carbocycles. The van der Waals surface area contributed by atoms with Crippen molar-refractivity contribution < 1.29 is 9.53 Å². The van der Waals surface area contributed by atoms with Crippen LogP contribution in [0.15, 0.2) is 30.5 Å². The number of aryl methyl sites for hydroxylation is 1. The van der Waals surface area contributed by atoms with Gasteiger partial charge in [0.1, 0.15) is 12.3 Å². The Labute approximate surface area is 143 Å². The predicted molar refractivity (Wildman–Crippen MR) is 93.1 cm³/mol. The summed E-state index contributed by atoms with van der Waals surface area (Å²) in [5.74, 6) is 1.55. The Morgan fingerprint density at radius 3 is 2.38 bits per heavy atom. The molecule has 0 aliphatic rings. The molecule has 5 nitrogen and oxygen atoms in total. The Morgan fingerprint density at radius 1 is 1.21 bits per heavy atom. The lowest BCUT2D eigenvalue weighted by molar-refractivity contribution is -0.129. The molecule has 0 radical (unpaired) electrons. The largest absolute Gasteiger partial charge is 0.455 e. The molecule has 2 aromatic rings. The van der Waals surface area contributed by atoms with Crippen molar-refractivity contribution in [3.05, 3.63) is 47.3 Å². The highest BCUT2D eigenvalue weighted by molar-refractivity contribution is 5.75. The van der Waals surface area contributed by atoms with Gasteiger partial charge < -0.3 is 14.2 Å². The van der Waals surface area contributed by atoms with Gasteiger partial charge in [0.15, 0.2) is 5.75 Å². The summed E-state index contributed by atoms with van der Waals surface area (Å²) in [5.41, 5.74) is 2.68. The maximum Gasteiger partial charge on any atom is 0.241 e. The second-order valence-corrected chi connectivity index (χ2v) is 5.79. The van der Waals surface area contributed by atoms with Gasteiger partial charge in [0.2, 0.25) is 5.91 Å². The van der Waals surface area contributed by atoms with Gasteiger partial charge in [-0.1, -0.05) is 13.8 Å². The molecular weight excluding hydrogens is 302 g/mol. The van der Waals surface area contributed by atoms with Gasteiger partial charge in [-0.15, -0.1) is 0 Å². The Balaban J connectivity index is 2.35. The zero-order valence-corrected chi connectivity index (χ0v) is 14.7. The lowest BCUT2D eigenvalue weighted by Gasteiger charge is -2.14. The van der Waals surface area contributed by atoms with Gasteiger partial charge in [0, 0.05) is 25.9 Å². The number of aromatic nitrogens is 1. The van der Waals surface area contributed by atoms with Crippen molar-refractivity contribution in [3.8, 4) is 17.6 Å². The third kappa shape index (κ3) is 3.77. The van der Waals surface area contributed by atoms with E-state index in [-0.39, 0.29) is 5.91 Å². The van der Waals surface area contributed by atoms with E-state index in [2.05, 4.69) is 19.9 Å². The van der Waals surface area contributed by atoms with Gasteiger partial charge in [-0.2, -0.15) is 5.26 Å². The van der Waals surface area contributed by atoms with Crippen molar-refractivity contribution in [2.75, 3.05) is 14.1 Å². The molecule has 1 amide bonds. The van der Waals surface area contributed by atoms with Crippen LogP contribution < -0.4 is 4.74 Å². The molecule has 0 bridgehead atoms. The molecule has 0 aliphatic heterocycles. The minimum absolute atomic E-state index is 0.0484. The fourth-order valence-corrected chi connectivity index (χ4v) is 2.52. The normalized spacial score (nSPS) is 10.3. The second-order valence-electron chi connectivity index (χ2n) is 5.79. The lowest BCUT2D eigenvalue weighted by atomic mass is 10.2. The fraction of sp³-hybridized carbons (Fsp3) is 0.368. The van der Waals surface area contributed by atoms with Gasteiger partial charge in [-0.3, -0.25) is 4.79 Å². The summed E-state index contributed by atoms with van der Waals surface area (Å²) in [6.07, 6.45) is 3.59. The molecule has 126 valence electrons. The lowest BCUT2D eigenvalue weighted by Crippen LogP contribution is -2.26. The minimum atomic E-state index is 0.0484. The molecule has 0 spiro atoms. The first-order chi connectivity index (χ1) is 11.5. The number of amides is 1. The summed E-state index contributed by atoms with van der Waals surface area (Å²) in [5, 5.41) is 8.88. The van der Waals surface area contributed by atoms with E-state index in [0.29, 0.717) is 17.9 Å². The predicted octanol–water partition coefficient (Wildman–Crippen LogP) is 3.37. The number of nitriles is 1. The number of carbonyl (C=O) groups excluding carboxylic acids is 1. The van der Waals surface area contributed by atoms with E-state index < -0.39 is 0 Å². The Kier molecular flexibility index (Phi) is 5.64. The molecular formula is C19H23N3O2. The van der Waals surface area contributed by atoms with E-state index in [0.717, 1.165) is 29.8 Å². The summed E-state index contributed by atoms with van der Waals surface area (Å²) in [7, 11) is 3.51. The molecule has 0 unspecified atom stereocenters. The number of benzene rings is 1. The molecule has 0 saturated heterocycles. The average molecular weight is 325 g/mol. The Hall–Kier alpha value is -2.74. The molecule has 0 fully saturated rings. The number of nitrogens with zero attached hydrogens (tertiary/aromatic N) is 3. The summed E-state index contributed by atoms with van der Waals surface area (Å²) in [6, 6.07) is 9.15. The monoisotopic (exact) mass is 325 g/mol. The van der Waals surface area contributed by atoms with Crippen molar-refractivity contribution in [1.82, 2.24) is 9.47 Å². The average Bonchev–Trinajstić information content (AvgIpc) is 2.91. The summed E-state index contributed by atoms with van der Waals surface area (Å²) >= 11 is 0. The highest BCUT2D eigenvalue weighted by Gasteiger charge is 2.18. The zero-order valence-electron chi connectivity index (χ0n) is 14.7. The molecule has 2 rings (SSSR count). The van der Waals surface area contributed by atoms with Crippen LogP contribution in [0.2, 0.25) is 0 Å². The third-order valence-electron chi connectivity index (χ3n) is 3.94. The van der Waals surface area contributed by atoms with Crippen LogP contribution >= 0.6 is 0 Å². The van der Waals surface area contributed by atoms with Crippen LogP contribution in [0.25, 0.3) is 0 Å². The number of hydrogen-bond acceptors (Lipinski definition) is 3. The van der Waals surface area contributed by atoms with Gasteiger partial charge >= 0.3 is 0 Å². The minimum Gasteiger partial charge on any atom is -0.455 e. The SMILES string of the molecule is CCc1cn(CC(=O)N(C)C)c(CC)c1Oc1ccc(C#N)cc1. The number of likely N-dealkylation sites (N-methyl/N-ethyl adjacent to an activating group) is 1. The smallest absolute Gasteiger partial charge is 0.241 e. The fourth-order valence-electron chi connectivity index (χ4n) is 2.52. The zero-order chi connectivity index (χ0) is 17.7. The number of ether oxygens (including phenoxy) is 1. The van der Waals surface area contributed by atoms with E-state index in [1.807, 2.05) is 10.8 Å². The summed E-state index contributed by atoms with van der Waals surface area (Å²) in [6.45, 7) is 4.43. The first kappa shape index (κ1) is 17.6. The highest BCUT2D eigenvalue weighted by Crippen LogP contribution is 2.32. The molecule has 0 aliphatic carbocycles. The Morgan fingerprint density at radius 2 is 1.88 bits per heavy atom. The van der Waals surface area contributed by atoms with E-state index in [4.69, 9.17) is 10.00 Å². The summed E-state index contributed by atoms with van der Waals surface area (Å²) in [4.78, 5) is 13.6. The van der Waals surface area contributed by atoms with Crippen LogP contribution in [0, 0.1) is 11.3 Å². The van der Waals surface area contributed by atoms with Gasteiger partial charge in [-0.25, -0.2) is 0 Å². The van der Waals surface area contributed by atoms with E-state index >= 15 is 0 Å². The molecule has 24 heavy (non-hydrogen) atoms. The summed E-state index contributed by atoms with van der Waals surface area (Å²) < 4.78 is 8.06. The van der Waals surface area contributed by atoms with E-state index in [1.54, 1.807) is 43.3 Å². The number of carbonyl (C=O) groups is 1. The van der Waals surface area contributed by atoms with Crippen LogP contribution in [0.5, 0.6) is 11.5 Å². The van der Waals surface area contributed by atoms with Crippen molar-refractivity contribution in [3.63, 3.8) is 0 Å². The van der Waals surface area contributed by atoms with Crippen molar-refractivity contribution in [2.45, 2.75) is 33.2 Å². The first-order valence-electron chi connectivity index (χ1n) is 8.09. The maximum atomic E-state index is 12.1. The van der Waals surface area contributed by atoms with Crippen LogP contribution in [0.1, 0.15) is 30.7 Å². The number of rotatable bonds is 6. The van der Waals surface area contributed by atoms with E-state index in [9.17, 15) is 4.79 Å². The maximum absolute atomic E-state index is 12.1. The Bertz CT molecular complexity index is 752. The molecule has 1 heterocycles. The van der Waals surface area contributed by atoms with Gasteiger partial charge in [-0.05, 0) is 37.1 Å². The van der Waals surface area contributed by atoms with Gasteiger partial charge in [0.25, 0.3) is 0 Å². The third-order valence-corrected chi connectivity index (χ3v) is 3.94. The quantitative estimate of drug-likeness (QED) is 0.818. The highest BCUT2D eigenvalue weighted by atomic mass is 16.5.